The highest BCUT2D eigenvalue weighted by atomic mass is 16.5. The molecule has 0 atom stereocenters. The van der Waals surface area contributed by atoms with Gasteiger partial charge in [0.05, 0.1) is 6.42 Å². The average Bonchev–Trinajstić information content (AvgIpc) is 2.87. The Bertz CT molecular complexity index is 647. The second-order valence-corrected chi connectivity index (χ2v) is 5.35. The first-order valence-corrected chi connectivity index (χ1v) is 6.44. The van der Waals surface area contributed by atoms with Crippen LogP contribution in [0.4, 0.5) is 0 Å². The number of carboxylic acid groups (broad SMARTS) is 1. The predicted molar refractivity (Wildman–Crippen MR) is 75.7 cm³/mol. The summed E-state index contributed by atoms with van der Waals surface area (Å²) < 4.78 is 5.14. The molecule has 0 fully saturated rings. The molecule has 1 aromatic carbocycles. The summed E-state index contributed by atoms with van der Waals surface area (Å²) in [6.07, 6.45) is -0.178. The van der Waals surface area contributed by atoms with Gasteiger partial charge in [0.2, 0.25) is 0 Å². The Balaban J connectivity index is 2.11. The average molecular weight is 288 g/mol. The van der Waals surface area contributed by atoms with Crippen molar-refractivity contribution in [3.8, 4) is 11.3 Å². The van der Waals surface area contributed by atoms with Gasteiger partial charge in [-0.3, -0.25) is 9.59 Å². The van der Waals surface area contributed by atoms with Gasteiger partial charge in [0.15, 0.2) is 11.5 Å². The molecule has 0 aliphatic carbocycles. The molecule has 0 aliphatic rings. The van der Waals surface area contributed by atoms with Crippen LogP contribution < -0.4 is 5.32 Å². The van der Waals surface area contributed by atoms with Crippen LogP contribution in [0.15, 0.2) is 40.9 Å². The summed E-state index contributed by atoms with van der Waals surface area (Å²) in [6, 6.07) is 10.8. The van der Waals surface area contributed by atoms with Gasteiger partial charge in [-0.05, 0) is 13.8 Å². The van der Waals surface area contributed by atoms with Gasteiger partial charge >= 0.3 is 5.97 Å². The summed E-state index contributed by atoms with van der Waals surface area (Å²) in [5.41, 5.74) is 0.0653. The molecule has 2 N–H and O–H groups in total. The third-order valence-electron chi connectivity index (χ3n) is 2.85. The highest BCUT2D eigenvalue weighted by Crippen LogP contribution is 2.20. The molecule has 0 unspecified atom stereocenters. The molecule has 1 heterocycles. The van der Waals surface area contributed by atoms with E-state index in [1.165, 1.54) is 6.07 Å². The van der Waals surface area contributed by atoms with Crippen LogP contribution in [0.25, 0.3) is 11.3 Å². The molecule has 1 amide bonds. The van der Waals surface area contributed by atoms with Gasteiger partial charge in [-0.15, -0.1) is 0 Å². The van der Waals surface area contributed by atoms with Crippen molar-refractivity contribution in [2.24, 2.45) is 0 Å². The zero-order valence-electron chi connectivity index (χ0n) is 11.8. The lowest BCUT2D eigenvalue weighted by atomic mass is 10.0. The van der Waals surface area contributed by atoms with Gasteiger partial charge in [0.25, 0.3) is 5.91 Å². The molecule has 6 nitrogen and oxygen atoms in total. The van der Waals surface area contributed by atoms with Crippen LogP contribution in [0, 0.1) is 0 Å². The van der Waals surface area contributed by atoms with Crippen molar-refractivity contribution in [1.82, 2.24) is 10.5 Å². The van der Waals surface area contributed by atoms with Crippen molar-refractivity contribution in [2.75, 3.05) is 0 Å². The third kappa shape index (κ3) is 3.92. The molecule has 21 heavy (non-hydrogen) atoms. The van der Waals surface area contributed by atoms with Crippen LogP contribution in [0.1, 0.15) is 30.8 Å². The van der Waals surface area contributed by atoms with E-state index in [4.69, 9.17) is 9.63 Å². The summed E-state index contributed by atoms with van der Waals surface area (Å²) in [7, 11) is 0. The lowest BCUT2D eigenvalue weighted by molar-refractivity contribution is -0.138. The van der Waals surface area contributed by atoms with Crippen molar-refractivity contribution in [2.45, 2.75) is 25.8 Å². The highest BCUT2D eigenvalue weighted by molar-refractivity contribution is 5.93. The normalized spacial score (nSPS) is 11.1. The fourth-order valence-electron chi connectivity index (χ4n) is 1.91. The van der Waals surface area contributed by atoms with Gasteiger partial charge in [-0.25, -0.2) is 0 Å². The maximum absolute atomic E-state index is 12.1. The van der Waals surface area contributed by atoms with Crippen LogP contribution in [-0.4, -0.2) is 27.7 Å². The number of hydrogen-bond acceptors (Lipinski definition) is 4. The van der Waals surface area contributed by atoms with Crippen molar-refractivity contribution < 1.29 is 19.2 Å². The molecule has 0 saturated heterocycles. The number of aliphatic carboxylic acids is 1. The van der Waals surface area contributed by atoms with Crippen LogP contribution >= 0.6 is 0 Å². The summed E-state index contributed by atoms with van der Waals surface area (Å²) in [4.78, 5) is 22.8. The highest BCUT2D eigenvalue weighted by Gasteiger charge is 2.26. The Morgan fingerprint density at radius 2 is 1.95 bits per heavy atom. The van der Waals surface area contributed by atoms with E-state index in [-0.39, 0.29) is 12.1 Å². The van der Waals surface area contributed by atoms with Gasteiger partial charge in [0.1, 0.15) is 0 Å². The van der Waals surface area contributed by atoms with Crippen LogP contribution in [-0.2, 0) is 4.79 Å². The van der Waals surface area contributed by atoms with Crippen molar-refractivity contribution in [3.63, 3.8) is 0 Å². The van der Waals surface area contributed by atoms with Gasteiger partial charge in [0, 0.05) is 17.2 Å². The van der Waals surface area contributed by atoms with E-state index in [2.05, 4.69) is 10.5 Å². The topological polar surface area (TPSA) is 92.4 Å². The first-order chi connectivity index (χ1) is 9.87. The first-order valence-electron chi connectivity index (χ1n) is 6.44. The quantitative estimate of drug-likeness (QED) is 0.880. The molecule has 0 radical (unpaired) electrons. The molecule has 0 bridgehead atoms. The second-order valence-electron chi connectivity index (χ2n) is 5.35. The van der Waals surface area contributed by atoms with E-state index < -0.39 is 17.4 Å². The number of nitrogens with zero attached hydrogens (tertiary/aromatic N) is 1. The third-order valence-corrected chi connectivity index (χ3v) is 2.85. The van der Waals surface area contributed by atoms with E-state index >= 15 is 0 Å². The van der Waals surface area contributed by atoms with Gasteiger partial charge in [-0.1, -0.05) is 35.5 Å². The Hall–Kier alpha value is -2.63. The van der Waals surface area contributed by atoms with E-state index in [1.807, 2.05) is 30.3 Å². The van der Waals surface area contributed by atoms with Crippen molar-refractivity contribution >= 4 is 11.9 Å². The van der Waals surface area contributed by atoms with E-state index in [9.17, 15) is 9.59 Å². The maximum Gasteiger partial charge on any atom is 0.305 e. The van der Waals surface area contributed by atoms with Crippen LogP contribution in [0.5, 0.6) is 0 Å². The maximum atomic E-state index is 12.1. The Morgan fingerprint density at radius 1 is 1.29 bits per heavy atom. The molecule has 110 valence electrons. The molecular formula is C15H16N2O4. The molecule has 2 aromatic rings. The Morgan fingerprint density at radius 3 is 2.57 bits per heavy atom. The lowest BCUT2D eigenvalue weighted by Crippen LogP contribution is -2.45. The Labute approximate surface area is 121 Å². The minimum Gasteiger partial charge on any atom is -0.481 e. The predicted octanol–water partition coefficient (Wildman–Crippen LogP) is 2.32. The first kappa shape index (κ1) is 14.8. The summed E-state index contributed by atoms with van der Waals surface area (Å²) in [5, 5.41) is 15.1. The Kier molecular flexibility index (Phi) is 4.07. The van der Waals surface area contributed by atoms with Crippen molar-refractivity contribution in [1.29, 1.82) is 0 Å². The van der Waals surface area contributed by atoms with Gasteiger partial charge < -0.3 is 14.9 Å². The smallest absolute Gasteiger partial charge is 0.305 e. The number of amides is 1. The standard InChI is InChI=1S/C15H16N2O4/c1-15(2,9-13(18)19)16-14(20)11-8-12(21-17-11)10-6-4-3-5-7-10/h3-8H,9H2,1-2H3,(H,16,20)(H,18,19). The number of aromatic nitrogens is 1. The number of rotatable bonds is 5. The summed E-state index contributed by atoms with van der Waals surface area (Å²) in [5.74, 6) is -0.964. The minimum atomic E-state index is -0.981. The fraction of sp³-hybridized carbons (Fsp3) is 0.267. The van der Waals surface area contributed by atoms with Crippen LogP contribution in [0.2, 0.25) is 0 Å². The summed E-state index contributed by atoms with van der Waals surface area (Å²) in [6.45, 7) is 3.27. The number of carbonyl (C=O) groups is 2. The number of nitrogens with one attached hydrogen (secondary N) is 1. The van der Waals surface area contributed by atoms with E-state index in [0.717, 1.165) is 5.56 Å². The minimum absolute atomic E-state index is 0.118. The van der Waals surface area contributed by atoms with Gasteiger partial charge in [-0.2, -0.15) is 0 Å². The number of hydrogen-bond donors (Lipinski definition) is 2. The zero-order chi connectivity index (χ0) is 15.5. The SMILES string of the molecule is CC(C)(CC(=O)O)NC(=O)c1cc(-c2ccccc2)on1. The lowest BCUT2D eigenvalue weighted by Gasteiger charge is -2.23. The molecule has 0 aliphatic heterocycles. The fourth-order valence-corrected chi connectivity index (χ4v) is 1.91. The number of carboxylic acids is 1. The van der Waals surface area contributed by atoms with E-state index in [1.54, 1.807) is 13.8 Å². The number of carbonyl (C=O) groups excluding carboxylic acids is 1. The second kappa shape index (κ2) is 5.78. The zero-order valence-corrected chi connectivity index (χ0v) is 11.8. The molecular weight excluding hydrogens is 272 g/mol. The molecule has 0 saturated carbocycles. The molecule has 0 spiro atoms. The number of benzene rings is 1. The largest absolute Gasteiger partial charge is 0.481 e. The van der Waals surface area contributed by atoms with E-state index in [0.29, 0.717) is 5.76 Å². The molecule has 1 aromatic heterocycles. The molecule has 6 heteroatoms. The van der Waals surface area contributed by atoms with Crippen molar-refractivity contribution in [3.05, 3.63) is 42.1 Å². The monoisotopic (exact) mass is 288 g/mol. The molecule has 2 rings (SSSR count). The van der Waals surface area contributed by atoms with Crippen LogP contribution in [0.3, 0.4) is 0 Å². The summed E-state index contributed by atoms with van der Waals surface area (Å²) >= 11 is 0.